The number of nitrogens with two attached hydrogens (primary N) is 1. The number of amides is 1. The molecule has 80 valence electrons. The summed E-state index contributed by atoms with van der Waals surface area (Å²) in [6.45, 7) is 1.95. The lowest BCUT2D eigenvalue weighted by atomic mass is 10.2. The summed E-state index contributed by atoms with van der Waals surface area (Å²) < 4.78 is 0.876. The lowest BCUT2D eigenvalue weighted by molar-refractivity contribution is -0.115. The molecule has 1 amide bonds. The zero-order chi connectivity index (χ0) is 11.4. The van der Waals surface area contributed by atoms with Crippen LogP contribution in [-0.2, 0) is 4.79 Å². The molecule has 0 aliphatic carbocycles. The van der Waals surface area contributed by atoms with Gasteiger partial charge in [-0.25, -0.2) is 0 Å². The maximum atomic E-state index is 11.4. The minimum Gasteiger partial charge on any atom is -0.393 e. The van der Waals surface area contributed by atoms with Gasteiger partial charge in [-0.3, -0.25) is 4.79 Å². The van der Waals surface area contributed by atoms with Gasteiger partial charge < -0.3 is 11.1 Å². The summed E-state index contributed by atoms with van der Waals surface area (Å²) in [6, 6.07) is 5.64. The third-order valence-electron chi connectivity index (χ3n) is 1.80. The highest BCUT2D eigenvalue weighted by Gasteiger charge is 2.07. The maximum absolute atomic E-state index is 11.4. The van der Waals surface area contributed by atoms with Crippen molar-refractivity contribution in [2.45, 2.75) is 13.3 Å². The third kappa shape index (κ3) is 3.60. The van der Waals surface area contributed by atoms with E-state index in [4.69, 9.17) is 5.73 Å². The molecule has 0 unspecified atom stereocenters. The lowest BCUT2D eigenvalue weighted by Gasteiger charge is -2.08. The summed E-state index contributed by atoms with van der Waals surface area (Å²) in [6.07, 6.45) is 0.0652. The van der Waals surface area contributed by atoms with Crippen LogP contribution in [0.15, 0.2) is 22.7 Å². The molecule has 1 aromatic rings. The van der Waals surface area contributed by atoms with Crippen LogP contribution in [-0.4, -0.2) is 10.9 Å². The van der Waals surface area contributed by atoms with E-state index in [9.17, 15) is 4.79 Å². The molecule has 0 aromatic heterocycles. The number of hydrogen-bond donors (Lipinski definition) is 2. The average Bonchev–Trinajstić information content (AvgIpc) is 2.11. The largest absolute Gasteiger partial charge is 0.393 e. The van der Waals surface area contributed by atoms with Gasteiger partial charge in [-0.2, -0.15) is 0 Å². The zero-order valence-electron chi connectivity index (χ0n) is 8.21. The lowest BCUT2D eigenvalue weighted by Crippen LogP contribution is -2.20. The molecule has 0 aliphatic rings. The summed E-state index contributed by atoms with van der Waals surface area (Å²) in [4.78, 5) is 11.6. The fourth-order valence-corrected chi connectivity index (χ4v) is 1.59. The van der Waals surface area contributed by atoms with Crippen molar-refractivity contribution in [2.75, 3.05) is 5.32 Å². The van der Waals surface area contributed by atoms with Gasteiger partial charge in [0.15, 0.2) is 0 Å². The highest BCUT2D eigenvalue weighted by atomic mass is 79.9. The Morgan fingerprint density at radius 3 is 2.87 bits per heavy atom. The van der Waals surface area contributed by atoms with E-state index in [-0.39, 0.29) is 17.3 Å². The molecule has 0 heterocycles. The normalized spacial score (nSPS) is 9.73. The van der Waals surface area contributed by atoms with Crippen molar-refractivity contribution in [2.24, 2.45) is 5.73 Å². The number of benzene rings is 1. The standard InChI is InChI=1S/C10H11BrN2OS/c1-6-3-2-4-7(10(6)11)13-9(14)5-8(12)15/h2-4H,5H2,1H3,(H2,12,15)(H,13,14). The first-order valence-corrected chi connectivity index (χ1v) is 5.54. The molecular formula is C10H11BrN2OS. The predicted molar refractivity (Wildman–Crippen MR) is 68.9 cm³/mol. The summed E-state index contributed by atoms with van der Waals surface area (Å²) in [5.74, 6) is -0.200. The van der Waals surface area contributed by atoms with Gasteiger partial charge in [-0.1, -0.05) is 24.4 Å². The van der Waals surface area contributed by atoms with Crippen LogP contribution >= 0.6 is 28.1 Å². The van der Waals surface area contributed by atoms with Crippen molar-refractivity contribution < 1.29 is 4.79 Å². The molecule has 0 atom stereocenters. The Bertz CT molecular complexity index is 406. The van der Waals surface area contributed by atoms with Gasteiger partial charge in [0.25, 0.3) is 0 Å². The van der Waals surface area contributed by atoms with Crippen molar-refractivity contribution in [3.8, 4) is 0 Å². The quantitative estimate of drug-likeness (QED) is 0.839. The second-order valence-corrected chi connectivity index (χ2v) is 4.45. The van der Waals surface area contributed by atoms with Gasteiger partial charge in [-0.05, 0) is 34.5 Å². The van der Waals surface area contributed by atoms with Crippen molar-refractivity contribution in [1.29, 1.82) is 0 Å². The Labute approximate surface area is 102 Å². The van der Waals surface area contributed by atoms with Gasteiger partial charge in [0.05, 0.1) is 17.1 Å². The van der Waals surface area contributed by atoms with Gasteiger partial charge in [0.2, 0.25) is 5.91 Å². The molecule has 5 heteroatoms. The second-order valence-electron chi connectivity index (χ2n) is 3.13. The van der Waals surface area contributed by atoms with Crippen molar-refractivity contribution in [3.63, 3.8) is 0 Å². The van der Waals surface area contributed by atoms with E-state index >= 15 is 0 Å². The smallest absolute Gasteiger partial charge is 0.231 e. The van der Waals surface area contributed by atoms with Gasteiger partial charge in [-0.15, -0.1) is 0 Å². The Hall–Kier alpha value is -0.940. The molecule has 0 fully saturated rings. The number of rotatable bonds is 3. The minimum absolute atomic E-state index is 0.0652. The van der Waals surface area contributed by atoms with Gasteiger partial charge in [0, 0.05) is 4.47 Å². The van der Waals surface area contributed by atoms with E-state index in [2.05, 4.69) is 33.5 Å². The molecule has 0 saturated carbocycles. The Morgan fingerprint density at radius 1 is 1.60 bits per heavy atom. The van der Waals surface area contributed by atoms with E-state index in [1.807, 2.05) is 25.1 Å². The fourth-order valence-electron chi connectivity index (χ4n) is 1.10. The molecule has 1 rings (SSSR count). The summed E-state index contributed by atoms with van der Waals surface area (Å²) in [5, 5.41) is 2.73. The summed E-state index contributed by atoms with van der Waals surface area (Å²) >= 11 is 8.05. The number of thiocarbonyl (C=S) groups is 1. The minimum atomic E-state index is -0.200. The van der Waals surface area contributed by atoms with Crippen molar-refractivity contribution in [3.05, 3.63) is 28.2 Å². The summed E-state index contributed by atoms with van der Waals surface area (Å²) in [7, 11) is 0. The monoisotopic (exact) mass is 286 g/mol. The van der Waals surface area contributed by atoms with Crippen molar-refractivity contribution >= 4 is 44.7 Å². The Morgan fingerprint density at radius 2 is 2.27 bits per heavy atom. The van der Waals surface area contributed by atoms with Gasteiger partial charge >= 0.3 is 0 Å². The number of halogens is 1. The maximum Gasteiger partial charge on any atom is 0.231 e. The van der Waals surface area contributed by atoms with Crippen LogP contribution in [0.5, 0.6) is 0 Å². The molecule has 3 nitrogen and oxygen atoms in total. The first kappa shape index (κ1) is 12.1. The molecule has 3 N–H and O–H groups in total. The molecule has 1 aromatic carbocycles. The average molecular weight is 287 g/mol. The number of carbonyl (C=O) groups is 1. The number of hydrogen-bond acceptors (Lipinski definition) is 2. The number of aryl methyl sites for hydroxylation is 1. The van der Waals surface area contributed by atoms with Crippen LogP contribution in [0.3, 0.4) is 0 Å². The van der Waals surface area contributed by atoms with Crippen LogP contribution in [0.2, 0.25) is 0 Å². The van der Waals surface area contributed by atoms with Crippen LogP contribution in [0.1, 0.15) is 12.0 Å². The van der Waals surface area contributed by atoms with Crippen LogP contribution < -0.4 is 11.1 Å². The molecule has 15 heavy (non-hydrogen) atoms. The highest BCUT2D eigenvalue weighted by molar-refractivity contribution is 9.10. The van der Waals surface area contributed by atoms with E-state index in [0.717, 1.165) is 15.7 Å². The first-order chi connectivity index (χ1) is 7.00. The number of anilines is 1. The molecule has 0 spiro atoms. The molecule has 0 radical (unpaired) electrons. The van der Waals surface area contributed by atoms with Crippen molar-refractivity contribution in [1.82, 2.24) is 0 Å². The molecular weight excluding hydrogens is 276 g/mol. The molecule has 0 bridgehead atoms. The van der Waals surface area contributed by atoms with Gasteiger partial charge in [0.1, 0.15) is 0 Å². The van der Waals surface area contributed by atoms with E-state index in [1.54, 1.807) is 0 Å². The van der Waals surface area contributed by atoms with Crippen LogP contribution in [0, 0.1) is 6.92 Å². The fraction of sp³-hybridized carbons (Fsp3) is 0.200. The Kier molecular flexibility index (Phi) is 4.23. The van der Waals surface area contributed by atoms with Crippen LogP contribution in [0.25, 0.3) is 0 Å². The van der Waals surface area contributed by atoms with E-state index in [0.29, 0.717) is 0 Å². The van der Waals surface area contributed by atoms with Crippen LogP contribution in [0.4, 0.5) is 5.69 Å². The molecule has 0 aliphatic heterocycles. The highest BCUT2D eigenvalue weighted by Crippen LogP contribution is 2.25. The topological polar surface area (TPSA) is 55.1 Å². The zero-order valence-corrected chi connectivity index (χ0v) is 10.6. The first-order valence-electron chi connectivity index (χ1n) is 4.34. The Balaban J connectivity index is 2.77. The third-order valence-corrected chi connectivity index (χ3v) is 3.00. The predicted octanol–water partition coefficient (Wildman–Crippen LogP) is 2.37. The molecule has 0 saturated heterocycles. The van der Waals surface area contributed by atoms with E-state index in [1.165, 1.54) is 0 Å². The second kappa shape index (κ2) is 5.23. The number of nitrogens with one attached hydrogen (secondary N) is 1. The van der Waals surface area contributed by atoms with E-state index < -0.39 is 0 Å². The number of carbonyl (C=O) groups excluding carboxylic acids is 1. The summed E-state index contributed by atoms with van der Waals surface area (Å²) in [5.41, 5.74) is 7.06. The SMILES string of the molecule is Cc1cccc(NC(=O)CC(N)=S)c1Br.